The highest BCUT2D eigenvalue weighted by atomic mass is 32.2. The quantitative estimate of drug-likeness (QED) is 0.835. The Labute approximate surface area is 136 Å². The van der Waals surface area contributed by atoms with Crippen LogP contribution in [0.15, 0.2) is 27.7 Å². The number of aromatic nitrogens is 2. The first-order valence-corrected chi connectivity index (χ1v) is 8.96. The van der Waals surface area contributed by atoms with Crippen LogP contribution in [0.25, 0.3) is 0 Å². The summed E-state index contributed by atoms with van der Waals surface area (Å²) in [4.78, 5) is 6.41. The van der Waals surface area contributed by atoms with Gasteiger partial charge in [-0.25, -0.2) is 13.4 Å². The van der Waals surface area contributed by atoms with Crippen LogP contribution in [0.1, 0.15) is 31.2 Å². The van der Waals surface area contributed by atoms with E-state index < -0.39 is 10.0 Å². The third kappa shape index (κ3) is 4.01. The molecule has 1 N–H and O–H groups in total. The molecule has 0 aromatic carbocycles. The minimum atomic E-state index is -3.74. The molecule has 2 aromatic heterocycles. The van der Waals surface area contributed by atoms with E-state index in [-0.39, 0.29) is 10.7 Å². The van der Waals surface area contributed by atoms with Crippen molar-refractivity contribution in [2.24, 2.45) is 0 Å². The Bertz CT molecular complexity index is 734. The maximum Gasteiger partial charge on any atom is 0.267 e. The lowest BCUT2D eigenvalue weighted by Crippen LogP contribution is -2.19. The Hall–Kier alpha value is -2.09. The van der Waals surface area contributed by atoms with Crippen LogP contribution in [0.3, 0.4) is 0 Å². The van der Waals surface area contributed by atoms with E-state index in [2.05, 4.69) is 21.8 Å². The molecule has 23 heavy (non-hydrogen) atoms. The molecule has 2 heterocycles. The van der Waals surface area contributed by atoms with E-state index in [0.29, 0.717) is 11.4 Å². The summed E-state index contributed by atoms with van der Waals surface area (Å²) in [6.07, 6.45) is 3.70. The topological polar surface area (TPSA) is 88.3 Å². The molecule has 0 amide bonds. The molecule has 0 atom stereocenters. The van der Waals surface area contributed by atoms with Gasteiger partial charge in [0.2, 0.25) is 0 Å². The number of rotatable bonds is 7. The molecule has 0 saturated carbocycles. The summed E-state index contributed by atoms with van der Waals surface area (Å²) in [5.74, 6) is 1.07. The molecule has 126 valence electrons. The fourth-order valence-electron chi connectivity index (χ4n) is 2.25. The largest absolute Gasteiger partial charge is 0.360 e. The van der Waals surface area contributed by atoms with Crippen molar-refractivity contribution in [3.8, 4) is 0 Å². The van der Waals surface area contributed by atoms with Crippen LogP contribution in [0, 0.1) is 13.8 Å². The van der Waals surface area contributed by atoms with Crippen LogP contribution in [-0.2, 0) is 10.0 Å². The molecule has 0 aliphatic carbocycles. The van der Waals surface area contributed by atoms with Crippen LogP contribution >= 0.6 is 0 Å². The van der Waals surface area contributed by atoms with E-state index in [1.54, 1.807) is 26.0 Å². The van der Waals surface area contributed by atoms with Crippen molar-refractivity contribution in [3.05, 3.63) is 29.8 Å². The van der Waals surface area contributed by atoms with Crippen molar-refractivity contribution in [1.82, 2.24) is 10.1 Å². The van der Waals surface area contributed by atoms with Crippen LogP contribution < -0.4 is 9.62 Å². The van der Waals surface area contributed by atoms with Crippen LogP contribution in [0.2, 0.25) is 0 Å². The monoisotopic (exact) mass is 338 g/mol. The molecule has 0 bridgehead atoms. The van der Waals surface area contributed by atoms with Gasteiger partial charge in [-0.15, -0.1) is 0 Å². The smallest absolute Gasteiger partial charge is 0.267 e. The minimum absolute atomic E-state index is 0.0710. The van der Waals surface area contributed by atoms with Crippen LogP contribution in [0.4, 0.5) is 11.5 Å². The fourth-order valence-corrected chi connectivity index (χ4v) is 3.62. The summed E-state index contributed by atoms with van der Waals surface area (Å²) in [5, 5.41) is 3.67. The molecule has 0 radical (unpaired) electrons. The van der Waals surface area contributed by atoms with Crippen molar-refractivity contribution >= 4 is 21.5 Å². The molecular formula is C15H22N4O3S. The number of nitrogens with zero attached hydrogens (tertiary/aromatic N) is 3. The fraction of sp³-hybridized carbons (Fsp3) is 0.467. The second-order valence-corrected chi connectivity index (χ2v) is 7.06. The standard InChI is InChI=1S/C15H22N4O3S/c1-5-6-9-19(4)14-8-7-13(10-16-14)18-23(20,21)15-11(2)17-22-12(15)3/h7-8,10,18H,5-6,9H2,1-4H3. The average Bonchev–Trinajstić information content (AvgIpc) is 2.85. The highest BCUT2D eigenvalue weighted by Crippen LogP contribution is 2.22. The number of unbranched alkanes of at least 4 members (excludes halogenated alkanes) is 1. The van der Waals surface area contributed by atoms with Gasteiger partial charge in [-0.3, -0.25) is 4.72 Å². The maximum absolute atomic E-state index is 12.4. The first-order valence-electron chi connectivity index (χ1n) is 7.48. The maximum atomic E-state index is 12.4. The Morgan fingerprint density at radius 1 is 1.30 bits per heavy atom. The Morgan fingerprint density at radius 3 is 2.57 bits per heavy atom. The van der Waals surface area contributed by atoms with Crippen molar-refractivity contribution in [2.45, 2.75) is 38.5 Å². The molecule has 0 saturated heterocycles. The highest BCUT2D eigenvalue weighted by Gasteiger charge is 2.24. The molecule has 0 aliphatic heterocycles. The van der Waals surface area contributed by atoms with Gasteiger partial charge in [0.1, 0.15) is 11.5 Å². The molecule has 0 fully saturated rings. The lowest BCUT2D eigenvalue weighted by molar-refractivity contribution is 0.390. The Kier molecular flexibility index (Phi) is 5.25. The predicted octanol–water partition coefficient (Wildman–Crippen LogP) is 2.72. The number of hydrogen-bond donors (Lipinski definition) is 1. The third-order valence-corrected chi connectivity index (χ3v) is 5.10. The lowest BCUT2D eigenvalue weighted by Gasteiger charge is -2.18. The molecule has 7 nitrogen and oxygen atoms in total. The van der Waals surface area contributed by atoms with E-state index in [1.165, 1.54) is 6.20 Å². The average molecular weight is 338 g/mol. The van der Waals surface area contributed by atoms with Gasteiger partial charge in [0, 0.05) is 13.6 Å². The summed E-state index contributed by atoms with van der Waals surface area (Å²) in [5.41, 5.74) is 0.733. The van der Waals surface area contributed by atoms with Gasteiger partial charge < -0.3 is 9.42 Å². The second kappa shape index (κ2) is 6.99. The van der Waals surface area contributed by atoms with Gasteiger partial charge in [-0.05, 0) is 32.4 Å². The Morgan fingerprint density at radius 2 is 2.04 bits per heavy atom. The minimum Gasteiger partial charge on any atom is -0.360 e. The molecule has 0 unspecified atom stereocenters. The lowest BCUT2D eigenvalue weighted by atomic mass is 10.3. The highest BCUT2D eigenvalue weighted by molar-refractivity contribution is 7.92. The van der Waals surface area contributed by atoms with Crippen LogP contribution in [-0.4, -0.2) is 32.2 Å². The van der Waals surface area contributed by atoms with Crippen molar-refractivity contribution in [3.63, 3.8) is 0 Å². The number of nitrogens with one attached hydrogen (secondary N) is 1. The normalized spacial score (nSPS) is 11.5. The van der Waals surface area contributed by atoms with Gasteiger partial charge in [0.25, 0.3) is 10.0 Å². The SMILES string of the molecule is CCCCN(C)c1ccc(NS(=O)(=O)c2c(C)noc2C)cn1. The molecule has 2 aromatic rings. The molecular weight excluding hydrogens is 316 g/mol. The Balaban J connectivity index is 2.15. The summed E-state index contributed by atoms with van der Waals surface area (Å²) in [6.45, 7) is 6.20. The predicted molar refractivity (Wildman–Crippen MR) is 89.2 cm³/mol. The summed E-state index contributed by atoms with van der Waals surface area (Å²) in [7, 11) is -1.77. The second-order valence-electron chi connectivity index (χ2n) is 5.44. The van der Waals surface area contributed by atoms with Crippen molar-refractivity contribution < 1.29 is 12.9 Å². The van der Waals surface area contributed by atoms with Gasteiger partial charge >= 0.3 is 0 Å². The van der Waals surface area contributed by atoms with Crippen molar-refractivity contribution in [1.29, 1.82) is 0 Å². The van der Waals surface area contributed by atoms with Gasteiger partial charge in [-0.2, -0.15) is 0 Å². The number of sulfonamides is 1. The van der Waals surface area contributed by atoms with E-state index >= 15 is 0 Å². The zero-order valence-corrected chi connectivity index (χ0v) is 14.6. The molecule has 8 heteroatoms. The number of anilines is 2. The van der Waals surface area contributed by atoms with Gasteiger partial charge in [0.05, 0.1) is 11.9 Å². The first-order chi connectivity index (χ1) is 10.8. The van der Waals surface area contributed by atoms with Crippen LogP contribution in [0.5, 0.6) is 0 Å². The first kappa shape index (κ1) is 17.3. The molecule has 0 spiro atoms. The zero-order chi connectivity index (χ0) is 17.0. The van der Waals surface area contributed by atoms with E-state index in [0.717, 1.165) is 25.2 Å². The summed E-state index contributed by atoms with van der Waals surface area (Å²) >= 11 is 0. The molecule has 2 rings (SSSR count). The number of aryl methyl sites for hydroxylation is 2. The molecule has 0 aliphatic rings. The zero-order valence-electron chi connectivity index (χ0n) is 13.8. The summed E-state index contributed by atoms with van der Waals surface area (Å²) in [6, 6.07) is 3.49. The van der Waals surface area contributed by atoms with E-state index in [4.69, 9.17) is 4.52 Å². The number of hydrogen-bond acceptors (Lipinski definition) is 6. The third-order valence-electron chi connectivity index (χ3n) is 3.47. The van der Waals surface area contributed by atoms with Crippen molar-refractivity contribution in [2.75, 3.05) is 23.2 Å². The van der Waals surface area contributed by atoms with E-state index in [1.807, 2.05) is 11.9 Å². The summed E-state index contributed by atoms with van der Waals surface area (Å²) < 4.78 is 32.2. The number of pyridine rings is 1. The van der Waals surface area contributed by atoms with Gasteiger partial charge in [0.15, 0.2) is 10.7 Å². The van der Waals surface area contributed by atoms with E-state index in [9.17, 15) is 8.42 Å². The van der Waals surface area contributed by atoms with Gasteiger partial charge in [-0.1, -0.05) is 18.5 Å².